The molecule has 5 rings (SSSR count). The third kappa shape index (κ3) is 5.53. The van der Waals surface area contributed by atoms with E-state index in [1.54, 1.807) is 11.3 Å². The number of hydrogen-bond acceptors (Lipinski definition) is 3. The second-order valence-electron chi connectivity index (χ2n) is 14.9. The molecule has 5 heteroatoms. The Morgan fingerprint density at radius 2 is 0.872 bits per heavy atom. The highest BCUT2D eigenvalue weighted by Crippen LogP contribution is 2.50. The lowest BCUT2D eigenvalue weighted by molar-refractivity contribution is 0.568. The molecule has 5 aromatic rings. The SMILES string of the molecule is CC(C)(C)c1cc(C(C)(C)C)c2pc(-c3ccc(-c4oc5cc(C(C)(C)C)cc(C(C)(C)C)c5p4)s3)oc2c1. The van der Waals surface area contributed by atoms with Crippen molar-refractivity contribution in [3.8, 4) is 20.7 Å². The van der Waals surface area contributed by atoms with Crippen LogP contribution in [-0.2, 0) is 21.7 Å². The van der Waals surface area contributed by atoms with E-state index in [2.05, 4.69) is 119 Å². The fraction of sp³-hybridized carbons (Fsp3) is 0.471. The van der Waals surface area contributed by atoms with E-state index in [9.17, 15) is 0 Å². The molecule has 206 valence electrons. The van der Waals surface area contributed by atoms with Gasteiger partial charge in [-0.3, -0.25) is 0 Å². The van der Waals surface area contributed by atoms with Crippen LogP contribution in [0.5, 0.6) is 0 Å². The van der Waals surface area contributed by atoms with Crippen LogP contribution in [0.1, 0.15) is 105 Å². The lowest BCUT2D eigenvalue weighted by Gasteiger charge is -2.25. The summed E-state index contributed by atoms with van der Waals surface area (Å²) in [7, 11) is 2.29. The highest BCUT2D eigenvalue weighted by Gasteiger charge is 2.27. The summed E-state index contributed by atoms with van der Waals surface area (Å²) in [5, 5.41) is 2.61. The van der Waals surface area contributed by atoms with E-state index in [0.717, 1.165) is 38.5 Å². The van der Waals surface area contributed by atoms with Crippen LogP contribution in [0.25, 0.3) is 42.1 Å². The van der Waals surface area contributed by atoms with E-state index < -0.39 is 0 Å². The van der Waals surface area contributed by atoms with Gasteiger partial charge < -0.3 is 8.83 Å². The molecular formula is C34H42O2P2S. The van der Waals surface area contributed by atoms with Gasteiger partial charge in [0.05, 0.1) is 20.0 Å². The van der Waals surface area contributed by atoms with Gasteiger partial charge in [-0.05, 0) is 84.6 Å². The molecule has 3 aromatic heterocycles. The Morgan fingerprint density at radius 3 is 1.18 bits per heavy atom. The summed E-state index contributed by atoms with van der Waals surface area (Å²) in [6, 6.07) is 13.7. The molecule has 0 radical (unpaired) electrons. The summed E-state index contributed by atoms with van der Waals surface area (Å²) in [5.41, 5.74) is 9.71. The molecule has 39 heavy (non-hydrogen) atoms. The van der Waals surface area contributed by atoms with Crippen LogP contribution in [0.3, 0.4) is 0 Å². The predicted molar refractivity (Wildman–Crippen MR) is 175 cm³/mol. The lowest BCUT2D eigenvalue weighted by Crippen LogP contribution is -2.16. The minimum absolute atomic E-state index is 0.0482. The van der Waals surface area contributed by atoms with Gasteiger partial charge in [-0.2, -0.15) is 0 Å². The molecule has 2 aromatic carbocycles. The first-order valence-electron chi connectivity index (χ1n) is 13.8. The number of benzene rings is 2. The van der Waals surface area contributed by atoms with Gasteiger partial charge in [0, 0.05) is 0 Å². The molecular weight excluding hydrogens is 534 g/mol. The van der Waals surface area contributed by atoms with Crippen molar-refractivity contribution in [2.24, 2.45) is 0 Å². The van der Waals surface area contributed by atoms with E-state index in [-0.39, 0.29) is 21.7 Å². The number of thiophene rings is 1. The monoisotopic (exact) mass is 576 g/mol. The fourth-order valence-corrected chi connectivity index (χ4v) is 8.71. The van der Waals surface area contributed by atoms with Gasteiger partial charge in [0.25, 0.3) is 0 Å². The standard InChI is InChI=1S/C34H42O2P2S/c1-31(2,3)19-15-21(33(7,8)9)27-23(17-19)35-29(37-27)25-13-14-26(39-25)30-36-24-18-20(32(4,5)6)16-22(28(24)38-30)34(10,11)12/h13-18H,1-12H3. The third-order valence-corrected chi connectivity index (χ3v) is 11.2. The molecule has 0 unspecified atom stereocenters. The van der Waals surface area contributed by atoms with Crippen molar-refractivity contribution in [1.82, 2.24) is 0 Å². The van der Waals surface area contributed by atoms with E-state index in [4.69, 9.17) is 8.83 Å². The maximum Gasteiger partial charge on any atom is 0.171 e. The van der Waals surface area contributed by atoms with Gasteiger partial charge in [-0.25, -0.2) is 0 Å². The Morgan fingerprint density at radius 1 is 0.513 bits per heavy atom. The topological polar surface area (TPSA) is 26.3 Å². The van der Waals surface area contributed by atoms with Crippen molar-refractivity contribution in [3.05, 3.63) is 58.7 Å². The summed E-state index contributed by atoms with van der Waals surface area (Å²) < 4.78 is 13.2. The summed E-state index contributed by atoms with van der Waals surface area (Å²) in [5.74, 6) is 0. The summed E-state index contributed by atoms with van der Waals surface area (Å²) in [6.07, 6.45) is 0. The molecule has 0 fully saturated rings. The number of rotatable bonds is 2. The van der Waals surface area contributed by atoms with Crippen molar-refractivity contribution >= 4 is 49.1 Å². The van der Waals surface area contributed by atoms with Crippen LogP contribution >= 0.6 is 27.7 Å². The normalized spacial score (nSPS) is 14.1. The van der Waals surface area contributed by atoms with Gasteiger partial charge in [0.1, 0.15) is 11.2 Å². The average molecular weight is 577 g/mol. The molecule has 0 saturated carbocycles. The molecule has 3 heterocycles. The number of hydrogen-bond donors (Lipinski definition) is 0. The molecule has 2 nitrogen and oxygen atoms in total. The third-order valence-electron chi connectivity index (χ3n) is 7.37. The first-order valence-corrected chi connectivity index (χ1v) is 16.4. The predicted octanol–water partition coefficient (Wildman–Crippen LogP) is 12.9. The largest absolute Gasteiger partial charge is 0.450 e. The Hall–Kier alpha value is -1.92. The maximum atomic E-state index is 6.58. The van der Waals surface area contributed by atoms with Crippen molar-refractivity contribution < 1.29 is 8.83 Å². The Kier molecular flexibility index (Phi) is 6.82. The van der Waals surface area contributed by atoms with E-state index in [1.807, 2.05) is 0 Å². The number of fused-ring (bicyclic) bond motifs is 2. The summed E-state index contributed by atoms with van der Waals surface area (Å²) in [6.45, 7) is 27.4. The first-order chi connectivity index (χ1) is 17.8. The average Bonchev–Trinajstić information content (AvgIpc) is 3.51. The maximum absolute atomic E-state index is 6.58. The van der Waals surface area contributed by atoms with Crippen molar-refractivity contribution in [3.63, 3.8) is 0 Å². The second kappa shape index (κ2) is 9.30. The fourth-order valence-electron chi connectivity index (χ4n) is 4.85. The molecule has 0 spiro atoms. The Bertz CT molecular complexity index is 1560. The highest BCUT2D eigenvalue weighted by molar-refractivity contribution is 7.43. The van der Waals surface area contributed by atoms with Gasteiger partial charge in [-0.1, -0.05) is 95.2 Å². The van der Waals surface area contributed by atoms with Crippen LogP contribution < -0.4 is 0 Å². The van der Waals surface area contributed by atoms with Gasteiger partial charge in [0.15, 0.2) is 11.0 Å². The van der Waals surface area contributed by atoms with Crippen LogP contribution in [0.4, 0.5) is 0 Å². The van der Waals surface area contributed by atoms with Crippen LogP contribution in [-0.4, -0.2) is 0 Å². The zero-order valence-electron chi connectivity index (χ0n) is 25.6. The van der Waals surface area contributed by atoms with Crippen molar-refractivity contribution in [2.45, 2.75) is 105 Å². The molecule has 0 saturated heterocycles. The van der Waals surface area contributed by atoms with E-state index >= 15 is 0 Å². The van der Waals surface area contributed by atoms with Crippen molar-refractivity contribution in [2.75, 3.05) is 0 Å². The van der Waals surface area contributed by atoms with Crippen LogP contribution in [0, 0.1) is 0 Å². The Balaban J connectivity index is 1.61. The molecule has 0 aliphatic rings. The molecule has 0 N–H and O–H groups in total. The lowest BCUT2D eigenvalue weighted by atomic mass is 9.80. The molecule has 0 amide bonds. The second-order valence-corrected chi connectivity index (χ2v) is 18.2. The Labute approximate surface area is 241 Å². The zero-order chi connectivity index (χ0) is 28.7. The van der Waals surface area contributed by atoms with E-state index in [1.165, 1.54) is 42.2 Å². The van der Waals surface area contributed by atoms with Crippen LogP contribution in [0.15, 0.2) is 45.2 Å². The summed E-state index contributed by atoms with van der Waals surface area (Å²) >= 11 is 1.78. The zero-order valence-corrected chi connectivity index (χ0v) is 28.2. The minimum atomic E-state index is 0.0482. The highest BCUT2D eigenvalue weighted by atomic mass is 32.1. The molecule has 0 aliphatic heterocycles. The summed E-state index contributed by atoms with van der Waals surface area (Å²) in [4.78, 5) is 2.35. The van der Waals surface area contributed by atoms with Gasteiger partial charge in [0.2, 0.25) is 0 Å². The van der Waals surface area contributed by atoms with Crippen molar-refractivity contribution in [1.29, 1.82) is 0 Å². The first kappa shape index (κ1) is 28.6. The molecule has 0 aliphatic carbocycles. The minimum Gasteiger partial charge on any atom is -0.450 e. The van der Waals surface area contributed by atoms with Gasteiger partial charge >= 0.3 is 0 Å². The quantitative estimate of drug-likeness (QED) is 0.209. The smallest absolute Gasteiger partial charge is 0.171 e. The van der Waals surface area contributed by atoms with Crippen LogP contribution in [0.2, 0.25) is 0 Å². The molecule has 0 bridgehead atoms. The van der Waals surface area contributed by atoms with Gasteiger partial charge in [-0.15, -0.1) is 11.3 Å². The van der Waals surface area contributed by atoms with E-state index in [0.29, 0.717) is 0 Å². The molecule has 0 atom stereocenters.